The van der Waals surface area contributed by atoms with Crippen LogP contribution in [0.15, 0.2) is 11.6 Å². The van der Waals surface area contributed by atoms with E-state index in [1.807, 2.05) is 0 Å². The first kappa shape index (κ1) is 6.45. The van der Waals surface area contributed by atoms with Crippen LogP contribution in [0.4, 0.5) is 0 Å². The average molecular weight is 136 g/mol. The van der Waals surface area contributed by atoms with E-state index in [1.165, 1.54) is 25.7 Å². The zero-order chi connectivity index (χ0) is 7.19. The first-order chi connectivity index (χ1) is 4.79. The summed E-state index contributed by atoms with van der Waals surface area (Å²) in [6.07, 6.45) is 8.06. The molecule has 2 rings (SSSR count). The molecule has 0 N–H and O–H groups in total. The summed E-state index contributed by atoms with van der Waals surface area (Å²) in [7, 11) is 0. The summed E-state index contributed by atoms with van der Waals surface area (Å²) in [5.41, 5.74) is 2.49. The Labute approximate surface area is 63.3 Å². The first-order valence-electron chi connectivity index (χ1n) is 4.49. The SMILES string of the molecule is CCC1=CCCC12C[C@@H]2C. The van der Waals surface area contributed by atoms with Crippen molar-refractivity contribution in [3.8, 4) is 0 Å². The molecule has 1 fully saturated rings. The predicted octanol–water partition coefficient (Wildman–Crippen LogP) is 3.14. The quantitative estimate of drug-likeness (QED) is 0.486. The largest absolute Gasteiger partial charge is 0.0847 e. The van der Waals surface area contributed by atoms with Gasteiger partial charge < -0.3 is 0 Å². The van der Waals surface area contributed by atoms with Crippen molar-refractivity contribution in [2.24, 2.45) is 11.3 Å². The molecule has 0 amide bonds. The Hall–Kier alpha value is -0.260. The minimum atomic E-state index is 0.731. The molecule has 1 saturated carbocycles. The van der Waals surface area contributed by atoms with E-state index < -0.39 is 0 Å². The third-order valence-corrected chi connectivity index (χ3v) is 3.46. The number of hydrogen-bond acceptors (Lipinski definition) is 0. The highest BCUT2D eigenvalue weighted by Gasteiger charge is 2.53. The number of rotatable bonds is 1. The molecule has 0 aromatic carbocycles. The Kier molecular flexibility index (Phi) is 1.21. The lowest BCUT2D eigenvalue weighted by Gasteiger charge is -2.11. The fourth-order valence-corrected chi connectivity index (χ4v) is 2.65. The summed E-state index contributed by atoms with van der Waals surface area (Å²) < 4.78 is 0. The molecular formula is C10H16. The molecule has 2 aliphatic rings. The van der Waals surface area contributed by atoms with E-state index >= 15 is 0 Å². The van der Waals surface area contributed by atoms with Gasteiger partial charge in [0.15, 0.2) is 0 Å². The van der Waals surface area contributed by atoms with Gasteiger partial charge in [0.05, 0.1) is 0 Å². The van der Waals surface area contributed by atoms with E-state index in [4.69, 9.17) is 0 Å². The fourth-order valence-electron chi connectivity index (χ4n) is 2.65. The van der Waals surface area contributed by atoms with Gasteiger partial charge in [0, 0.05) is 0 Å². The van der Waals surface area contributed by atoms with E-state index in [1.54, 1.807) is 5.57 Å². The lowest BCUT2D eigenvalue weighted by atomic mass is 9.94. The van der Waals surface area contributed by atoms with E-state index in [9.17, 15) is 0 Å². The molecule has 56 valence electrons. The van der Waals surface area contributed by atoms with Crippen LogP contribution in [0.25, 0.3) is 0 Å². The molecule has 0 saturated heterocycles. The summed E-state index contributed by atoms with van der Waals surface area (Å²) >= 11 is 0. The van der Waals surface area contributed by atoms with Crippen molar-refractivity contribution in [2.45, 2.75) is 39.5 Å². The zero-order valence-electron chi connectivity index (χ0n) is 6.98. The fraction of sp³-hybridized carbons (Fsp3) is 0.800. The lowest BCUT2D eigenvalue weighted by molar-refractivity contribution is 0.533. The highest BCUT2D eigenvalue weighted by Crippen LogP contribution is 2.64. The normalized spacial score (nSPS) is 44.2. The summed E-state index contributed by atoms with van der Waals surface area (Å²) in [5, 5.41) is 0. The predicted molar refractivity (Wildman–Crippen MR) is 43.8 cm³/mol. The Balaban J connectivity index is 2.18. The van der Waals surface area contributed by atoms with Crippen LogP contribution in [-0.2, 0) is 0 Å². The summed E-state index contributed by atoms with van der Waals surface area (Å²) in [6, 6.07) is 0. The second-order valence-corrected chi connectivity index (χ2v) is 3.88. The monoisotopic (exact) mass is 136 g/mol. The van der Waals surface area contributed by atoms with Gasteiger partial charge >= 0.3 is 0 Å². The molecule has 2 atom stereocenters. The van der Waals surface area contributed by atoms with Crippen molar-refractivity contribution in [2.75, 3.05) is 0 Å². The van der Waals surface area contributed by atoms with E-state index in [-0.39, 0.29) is 0 Å². The maximum atomic E-state index is 2.48. The van der Waals surface area contributed by atoms with Gasteiger partial charge in [-0.05, 0) is 37.0 Å². The molecule has 0 heteroatoms. The first-order valence-corrected chi connectivity index (χ1v) is 4.49. The Morgan fingerprint density at radius 1 is 1.70 bits per heavy atom. The van der Waals surface area contributed by atoms with Crippen LogP contribution in [0.5, 0.6) is 0 Å². The van der Waals surface area contributed by atoms with E-state index in [2.05, 4.69) is 19.9 Å². The van der Waals surface area contributed by atoms with Crippen molar-refractivity contribution >= 4 is 0 Å². The third-order valence-electron chi connectivity index (χ3n) is 3.46. The van der Waals surface area contributed by atoms with Crippen LogP contribution >= 0.6 is 0 Å². The van der Waals surface area contributed by atoms with Gasteiger partial charge in [0.1, 0.15) is 0 Å². The summed E-state index contributed by atoms with van der Waals surface area (Å²) in [6.45, 7) is 4.69. The number of allylic oxidation sites excluding steroid dienone is 2. The van der Waals surface area contributed by atoms with Crippen LogP contribution in [-0.4, -0.2) is 0 Å². The lowest BCUT2D eigenvalue weighted by Crippen LogP contribution is -2.00. The van der Waals surface area contributed by atoms with Crippen molar-refractivity contribution in [3.63, 3.8) is 0 Å². The molecule has 2 aliphatic carbocycles. The zero-order valence-corrected chi connectivity index (χ0v) is 6.98. The summed E-state index contributed by atoms with van der Waals surface area (Å²) in [4.78, 5) is 0. The second kappa shape index (κ2) is 1.87. The molecule has 0 heterocycles. The molecule has 0 aliphatic heterocycles. The molecular weight excluding hydrogens is 120 g/mol. The Morgan fingerprint density at radius 2 is 2.40 bits per heavy atom. The smallest absolute Gasteiger partial charge is 0.00565 e. The van der Waals surface area contributed by atoms with Gasteiger partial charge in [-0.3, -0.25) is 0 Å². The molecule has 1 spiro atoms. The molecule has 0 nitrogen and oxygen atoms in total. The maximum Gasteiger partial charge on any atom is -0.00565 e. The van der Waals surface area contributed by atoms with Gasteiger partial charge in [0.2, 0.25) is 0 Å². The van der Waals surface area contributed by atoms with Crippen molar-refractivity contribution in [3.05, 3.63) is 11.6 Å². The van der Waals surface area contributed by atoms with Gasteiger partial charge in [-0.1, -0.05) is 25.5 Å². The molecule has 0 radical (unpaired) electrons. The van der Waals surface area contributed by atoms with E-state index in [0.29, 0.717) is 0 Å². The summed E-state index contributed by atoms with van der Waals surface area (Å²) in [5.74, 6) is 1.00. The number of hydrogen-bond donors (Lipinski definition) is 0. The van der Waals surface area contributed by atoms with Crippen LogP contribution in [0, 0.1) is 11.3 Å². The highest BCUT2D eigenvalue weighted by molar-refractivity contribution is 5.28. The third kappa shape index (κ3) is 0.624. The standard InChI is InChI=1S/C10H16/c1-3-9-5-4-6-10(9)7-8(10)2/h5,8H,3-4,6-7H2,1-2H3/t8-,10?/m0/s1. The van der Waals surface area contributed by atoms with Crippen molar-refractivity contribution in [1.82, 2.24) is 0 Å². The van der Waals surface area contributed by atoms with Crippen LogP contribution in [0.2, 0.25) is 0 Å². The Bertz CT molecular complexity index is 178. The minimum absolute atomic E-state index is 0.731. The van der Waals surface area contributed by atoms with Gasteiger partial charge in [-0.15, -0.1) is 0 Å². The van der Waals surface area contributed by atoms with Crippen molar-refractivity contribution in [1.29, 1.82) is 0 Å². The average Bonchev–Trinajstić information content (AvgIpc) is 2.45. The van der Waals surface area contributed by atoms with Crippen LogP contribution in [0.3, 0.4) is 0 Å². The maximum absolute atomic E-state index is 2.48. The van der Waals surface area contributed by atoms with Gasteiger partial charge in [-0.2, -0.15) is 0 Å². The minimum Gasteiger partial charge on any atom is -0.0847 e. The highest BCUT2D eigenvalue weighted by atomic mass is 14.6. The molecule has 0 bridgehead atoms. The molecule has 1 unspecified atom stereocenters. The Morgan fingerprint density at radius 3 is 2.80 bits per heavy atom. The topological polar surface area (TPSA) is 0 Å². The molecule has 0 aromatic heterocycles. The van der Waals surface area contributed by atoms with E-state index in [0.717, 1.165) is 11.3 Å². The van der Waals surface area contributed by atoms with Gasteiger partial charge in [-0.25, -0.2) is 0 Å². The molecule has 10 heavy (non-hydrogen) atoms. The second-order valence-electron chi connectivity index (χ2n) is 3.88. The van der Waals surface area contributed by atoms with Crippen molar-refractivity contribution < 1.29 is 0 Å². The molecule has 0 aromatic rings. The van der Waals surface area contributed by atoms with Crippen LogP contribution < -0.4 is 0 Å². The van der Waals surface area contributed by atoms with Gasteiger partial charge in [0.25, 0.3) is 0 Å². The van der Waals surface area contributed by atoms with Crippen LogP contribution in [0.1, 0.15) is 39.5 Å².